The number of halogens is 2. The van der Waals surface area contributed by atoms with E-state index < -0.39 is 11.6 Å². The Morgan fingerprint density at radius 1 is 1.00 bits per heavy atom. The van der Waals surface area contributed by atoms with E-state index in [4.69, 9.17) is 4.74 Å². The van der Waals surface area contributed by atoms with Crippen LogP contribution in [0.2, 0.25) is 0 Å². The van der Waals surface area contributed by atoms with Gasteiger partial charge in [0.05, 0.1) is 18.9 Å². The number of para-hydroxylation sites is 1. The Morgan fingerprint density at radius 3 is 2.48 bits per heavy atom. The molecule has 0 spiro atoms. The van der Waals surface area contributed by atoms with Gasteiger partial charge in [-0.3, -0.25) is 4.90 Å². The predicted molar refractivity (Wildman–Crippen MR) is 115 cm³/mol. The van der Waals surface area contributed by atoms with Crippen molar-refractivity contribution in [2.45, 2.75) is 6.54 Å². The minimum atomic E-state index is -0.569. The average Bonchev–Trinajstić information content (AvgIpc) is 3.21. The van der Waals surface area contributed by atoms with E-state index in [1.54, 1.807) is 17.0 Å². The zero-order valence-electron chi connectivity index (χ0n) is 16.8. The third-order valence-electron chi connectivity index (χ3n) is 5.35. The summed E-state index contributed by atoms with van der Waals surface area (Å²) < 4.78 is 36.7. The normalized spacial score (nSPS) is 14.8. The highest BCUT2D eigenvalue weighted by atomic mass is 19.1. The third kappa shape index (κ3) is 4.12. The second-order valence-corrected chi connectivity index (χ2v) is 7.43. The summed E-state index contributed by atoms with van der Waals surface area (Å²) in [7, 11) is 0. The predicted octanol–water partition coefficient (Wildman–Crippen LogP) is 4.27. The van der Waals surface area contributed by atoms with Crippen molar-refractivity contribution in [3.8, 4) is 5.69 Å². The first-order valence-corrected chi connectivity index (χ1v) is 10.1. The lowest BCUT2D eigenvalue weighted by atomic mass is 10.1. The lowest BCUT2D eigenvalue weighted by molar-refractivity contribution is 0.0332. The molecule has 0 bridgehead atoms. The molecular weight excluding hydrogens is 400 g/mol. The van der Waals surface area contributed by atoms with Crippen molar-refractivity contribution < 1.29 is 13.5 Å². The van der Waals surface area contributed by atoms with Gasteiger partial charge >= 0.3 is 0 Å². The Bertz CT molecular complexity index is 1180. The van der Waals surface area contributed by atoms with Gasteiger partial charge in [-0.25, -0.2) is 13.8 Å². The van der Waals surface area contributed by atoms with Crippen molar-refractivity contribution >= 4 is 22.7 Å². The molecule has 1 aliphatic heterocycles. The molecule has 2 aromatic carbocycles. The van der Waals surface area contributed by atoms with Crippen LogP contribution in [0.3, 0.4) is 0 Å². The van der Waals surface area contributed by atoms with Gasteiger partial charge in [-0.2, -0.15) is 4.98 Å². The molecule has 2 aromatic heterocycles. The Hall–Kier alpha value is -3.36. The molecule has 5 rings (SSSR count). The Labute approximate surface area is 178 Å². The lowest BCUT2D eigenvalue weighted by Gasteiger charge is -2.27. The fraction of sp³-hybridized carbons (Fsp3) is 0.217. The standard InChI is InChI=1S/C23H21F2N5O/c24-20-12-18(13-21(25)19(20)15-29-8-10-31-11-9-29)30-7-6-16-14-26-23(28-22(16)30)27-17-4-2-1-3-5-17/h1-7,12-14H,8-11,15H2,(H,26,27,28). The van der Waals surface area contributed by atoms with Crippen molar-refractivity contribution in [2.75, 3.05) is 31.6 Å². The number of anilines is 2. The first-order chi connectivity index (χ1) is 15.2. The topological polar surface area (TPSA) is 55.2 Å². The molecule has 0 aliphatic carbocycles. The van der Waals surface area contributed by atoms with Crippen LogP contribution in [0.5, 0.6) is 0 Å². The summed E-state index contributed by atoms with van der Waals surface area (Å²) in [6, 6.07) is 14.1. The molecule has 1 fully saturated rings. The van der Waals surface area contributed by atoms with E-state index >= 15 is 0 Å². The van der Waals surface area contributed by atoms with Gasteiger partial charge in [0.15, 0.2) is 0 Å². The summed E-state index contributed by atoms with van der Waals surface area (Å²) in [5, 5.41) is 3.92. The van der Waals surface area contributed by atoms with Gasteiger partial charge < -0.3 is 14.6 Å². The quantitative estimate of drug-likeness (QED) is 0.522. The molecule has 0 saturated carbocycles. The van der Waals surface area contributed by atoms with E-state index in [-0.39, 0.29) is 12.1 Å². The van der Waals surface area contributed by atoms with Gasteiger partial charge in [-0.15, -0.1) is 0 Å². The molecule has 0 atom stereocenters. The molecule has 8 heteroatoms. The van der Waals surface area contributed by atoms with Gasteiger partial charge in [0.25, 0.3) is 0 Å². The van der Waals surface area contributed by atoms with Crippen LogP contribution < -0.4 is 5.32 Å². The molecule has 1 saturated heterocycles. The SMILES string of the molecule is Fc1cc(-n2ccc3cnc(Nc4ccccc4)nc32)cc(F)c1CN1CCOCC1. The van der Waals surface area contributed by atoms with Crippen molar-refractivity contribution in [3.63, 3.8) is 0 Å². The molecule has 0 amide bonds. The van der Waals surface area contributed by atoms with Crippen molar-refractivity contribution in [2.24, 2.45) is 0 Å². The molecule has 3 heterocycles. The monoisotopic (exact) mass is 421 g/mol. The average molecular weight is 421 g/mol. The highest BCUT2D eigenvalue weighted by Crippen LogP contribution is 2.25. The van der Waals surface area contributed by atoms with Crippen molar-refractivity contribution in [3.05, 3.63) is 78.1 Å². The number of nitrogens with one attached hydrogen (secondary N) is 1. The van der Waals surface area contributed by atoms with Crippen LogP contribution in [0, 0.1) is 11.6 Å². The third-order valence-corrected chi connectivity index (χ3v) is 5.35. The number of fused-ring (bicyclic) bond motifs is 1. The number of ether oxygens (including phenoxy) is 1. The molecule has 1 aliphatic rings. The summed E-state index contributed by atoms with van der Waals surface area (Å²) in [5.74, 6) is -0.733. The Morgan fingerprint density at radius 2 is 1.74 bits per heavy atom. The lowest BCUT2D eigenvalue weighted by Crippen LogP contribution is -2.36. The molecule has 4 aromatic rings. The second kappa shape index (κ2) is 8.41. The molecular formula is C23H21F2N5O. The number of hydrogen-bond donors (Lipinski definition) is 1. The van der Waals surface area contributed by atoms with Crippen molar-refractivity contribution in [1.29, 1.82) is 0 Å². The van der Waals surface area contributed by atoms with Crippen molar-refractivity contribution in [1.82, 2.24) is 19.4 Å². The Balaban J connectivity index is 1.46. The molecule has 1 N–H and O–H groups in total. The van der Waals surface area contributed by atoms with E-state index in [9.17, 15) is 8.78 Å². The van der Waals surface area contributed by atoms with Gasteiger partial charge in [-0.1, -0.05) is 18.2 Å². The smallest absolute Gasteiger partial charge is 0.229 e. The van der Waals surface area contributed by atoms with Crippen LogP contribution in [0.25, 0.3) is 16.7 Å². The summed E-state index contributed by atoms with van der Waals surface area (Å²) in [4.78, 5) is 10.9. The number of rotatable bonds is 5. The number of aromatic nitrogens is 3. The maximum atomic E-state index is 14.9. The van der Waals surface area contributed by atoms with Crippen LogP contribution in [0.1, 0.15) is 5.56 Å². The summed E-state index contributed by atoms with van der Waals surface area (Å²) in [5.41, 5.74) is 1.86. The van der Waals surface area contributed by atoms with E-state index in [0.29, 0.717) is 43.6 Å². The first kappa shape index (κ1) is 19.6. The largest absolute Gasteiger partial charge is 0.379 e. The van der Waals surface area contributed by atoms with E-state index in [0.717, 1.165) is 11.1 Å². The van der Waals surface area contributed by atoms with E-state index in [1.165, 1.54) is 12.1 Å². The van der Waals surface area contributed by atoms with Gasteiger partial charge in [0, 0.05) is 48.7 Å². The molecule has 6 nitrogen and oxygen atoms in total. The number of hydrogen-bond acceptors (Lipinski definition) is 5. The molecule has 31 heavy (non-hydrogen) atoms. The van der Waals surface area contributed by atoms with Gasteiger partial charge in [-0.05, 0) is 30.3 Å². The fourth-order valence-corrected chi connectivity index (χ4v) is 3.70. The zero-order chi connectivity index (χ0) is 21.2. The minimum Gasteiger partial charge on any atom is -0.379 e. The minimum absolute atomic E-state index is 0.0724. The Kier molecular flexibility index (Phi) is 5.31. The van der Waals surface area contributed by atoms with E-state index in [2.05, 4.69) is 15.3 Å². The first-order valence-electron chi connectivity index (χ1n) is 10.1. The summed E-state index contributed by atoms with van der Waals surface area (Å²) >= 11 is 0. The number of nitrogens with zero attached hydrogens (tertiary/aromatic N) is 4. The molecule has 0 unspecified atom stereocenters. The van der Waals surface area contributed by atoms with Gasteiger partial charge in [0.2, 0.25) is 5.95 Å². The highest BCUT2D eigenvalue weighted by molar-refractivity contribution is 5.78. The van der Waals surface area contributed by atoms with Crippen LogP contribution in [-0.2, 0) is 11.3 Å². The molecule has 0 radical (unpaired) electrons. The number of benzene rings is 2. The molecule has 158 valence electrons. The number of morpholine rings is 1. The maximum absolute atomic E-state index is 14.9. The van der Waals surface area contributed by atoms with Crippen LogP contribution in [0.4, 0.5) is 20.4 Å². The van der Waals surface area contributed by atoms with Gasteiger partial charge in [0.1, 0.15) is 17.3 Å². The maximum Gasteiger partial charge on any atom is 0.229 e. The summed E-state index contributed by atoms with van der Waals surface area (Å²) in [6.45, 7) is 2.71. The second-order valence-electron chi connectivity index (χ2n) is 7.43. The van der Waals surface area contributed by atoms with Crippen LogP contribution in [0.15, 0.2) is 60.9 Å². The van der Waals surface area contributed by atoms with Crippen LogP contribution in [-0.4, -0.2) is 45.7 Å². The zero-order valence-corrected chi connectivity index (χ0v) is 16.8. The summed E-state index contributed by atoms with van der Waals surface area (Å²) in [6.07, 6.45) is 3.42. The highest BCUT2D eigenvalue weighted by Gasteiger charge is 2.18. The van der Waals surface area contributed by atoms with Crippen LogP contribution >= 0.6 is 0 Å². The van der Waals surface area contributed by atoms with E-state index in [1.807, 2.05) is 41.3 Å². The fourth-order valence-electron chi connectivity index (χ4n) is 3.70.